The van der Waals surface area contributed by atoms with Gasteiger partial charge in [-0.15, -0.1) is 0 Å². The van der Waals surface area contributed by atoms with Gasteiger partial charge in [-0.2, -0.15) is 0 Å². The summed E-state index contributed by atoms with van der Waals surface area (Å²) in [6, 6.07) is 8.50. The van der Waals surface area contributed by atoms with Crippen LogP contribution < -0.4 is 5.73 Å². The minimum absolute atomic E-state index is 0.121. The zero-order valence-corrected chi connectivity index (χ0v) is 12.9. The topological polar surface area (TPSA) is 56.7 Å². The average Bonchev–Trinajstić information content (AvgIpc) is 2.88. The molecule has 0 aliphatic rings. The molecule has 114 valence electrons. The highest BCUT2D eigenvalue weighted by Crippen LogP contribution is 2.33. The van der Waals surface area contributed by atoms with Crippen LogP contribution in [0.3, 0.4) is 0 Å². The first-order valence-corrected chi connectivity index (χ1v) is 7.38. The molecule has 0 saturated carbocycles. The lowest BCUT2D eigenvalue weighted by molar-refractivity contribution is 0.556. The van der Waals surface area contributed by atoms with E-state index in [-0.39, 0.29) is 17.9 Å². The van der Waals surface area contributed by atoms with E-state index in [0.717, 1.165) is 16.9 Å². The molecule has 1 aromatic carbocycles. The Morgan fingerprint density at radius 3 is 2.50 bits per heavy atom. The molecule has 0 saturated heterocycles. The van der Waals surface area contributed by atoms with Crippen LogP contribution in [-0.2, 0) is 0 Å². The fraction of sp³-hybridized carbons (Fsp3) is 0.294. The molecule has 1 atom stereocenters. The van der Waals surface area contributed by atoms with E-state index < -0.39 is 0 Å². The third-order valence-electron chi connectivity index (χ3n) is 3.67. The van der Waals surface area contributed by atoms with Crippen LogP contribution in [0.4, 0.5) is 4.39 Å². The second kappa shape index (κ2) is 5.50. The monoisotopic (exact) mass is 298 g/mol. The Labute approximate surface area is 128 Å². The van der Waals surface area contributed by atoms with Crippen LogP contribution in [0.5, 0.6) is 0 Å². The molecule has 5 heteroatoms. The minimum atomic E-state index is -0.302. The minimum Gasteiger partial charge on any atom is -0.323 e. The fourth-order valence-electron chi connectivity index (χ4n) is 2.78. The van der Waals surface area contributed by atoms with Gasteiger partial charge in [0.15, 0.2) is 0 Å². The van der Waals surface area contributed by atoms with Crippen LogP contribution in [-0.4, -0.2) is 14.5 Å². The summed E-state index contributed by atoms with van der Waals surface area (Å²) >= 11 is 0. The van der Waals surface area contributed by atoms with Crippen LogP contribution in [0, 0.1) is 5.82 Å². The molecular formula is C17H19FN4. The van der Waals surface area contributed by atoms with Crippen LogP contribution in [0.25, 0.3) is 22.3 Å². The van der Waals surface area contributed by atoms with E-state index in [0.29, 0.717) is 11.3 Å². The summed E-state index contributed by atoms with van der Waals surface area (Å²) in [5.74, 6) is 0.456. The van der Waals surface area contributed by atoms with Crippen molar-refractivity contribution in [1.82, 2.24) is 14.5 Å². The Hall–Kier alpha value is -2.27. The molecule has 2 N–H and O–H groups in total. The van der Waals surface area contributed by atoms with E-state index in [1.807, 2.05) is 37.5 Å². The van der Waals surface area contributed by atoms with Crippen molar-refractivity contribution in [2.75, 3.05) is 0 Å². The predicted octanol–water partition coefficient (Wildman–Crippen LogP) is 3.84. The van der Waals surface area contributed by atoms with Crippen molar-refractivity contribution in [2.24, 2.45) is 5.73 Å². The fourth-order valence-corrected chi connectivity index (χ4v) is 2.78. The van der Waals surface area contributed by atoms with Gasteiger partial charge < -0.3 is 10.3 Å². The van der Waals surface area contributed by atoms with Crippen molar-refractivity contribution in [3.05, 3.63) is 48.2 Å². The highest BCUT2D eigenvalue weighted by Gasteiger charge is 2.22. The molecular weight excluding hydrogens is 279 g/mol. The van der Waals surface area contributed by atoms with Gasteiger partial charge in [0, 0.05) is 12.2 Å². The number of pyridine rings is 1. The molecule has 0 aliphatic heterocycles. The molecule has 4 nitrogen and oxygen atoms in total. The van der Waals surface area contributed by atoms with Gasteiger partial charge in [-0.25, -0.2) is 9.37 Å². The number of benzene rings is 1. The van der Waals surface area contributed by atoms with Gasteiger partial charge in [-0.1, -0.05) is 6.07 Å². The molecule has 2 aromatic heterocycles. The summed E-state index contributed by atoms with van der Waals surface area (Å²) in [6.45, 7) is 5.97. The molecule has 3 rings (SSSR count). The molecule has 0 bridgehead atoms. The Kier molecular flexibility index (Phi) is 3.66. The van der Waals surface area contributed by atoms with Gasteiger partial charge in [-0.3, -0.25) is 4.98 Å². The van der Waals surface area contributed by atoms with Crippen molar-refractivity contribution >= 4 is 11.0 Å². The number of aromatic nitrogens is 3. The zero-order chi connectivity index (χ0) is 15.9. The number of rotatable bonds is 3. The quantitative estimate of drug-likeness (QED) is 0.799. The maximum atomic E-state index is 14.5. The maximum Gasteiger partial charge on any atom is 0.134 e. The highest BCUT2D eigenvalue weighted by molar-refractivity contribution is 5.92. The molecule has 0 unspecified atom stereocenters. The average molecular weight is 298 g/mol. The SMILES string of the molecule is CC(C)n1c([C@H](C)N)nc2ccc(F)c(-c3ccccn3)c21. The normalized spacial score (nSPS) is 13.0. The van der Waals surface area contributed by atoms with Crippen molar-refractivity contribution in [3.63, 3.8) is 0 Å². The van der Waals surface area contributed by atoms with Crippen molar-refractivity contribution in [2.45, 2.75) is 32.9 Å². The van der Waals surface area contributed by atoms with Gasteiger partial charge in [-0.05, 0) is 45.0 Å². The van der Waals surface area contributed by atoms with Crippen LogP contribution in [0.2, 0.25) is 0 Å². The number of imidazole rings is 1. The summed E-state index contributed by atoms with van der Waals surface area (Å²) in [7, 11) is 0. The largest absolute Gasteiger partial charge is 0.323 e. The summed E-state index contributed by atoms with van der Waals surface area (Å²) in [6.07, 6.45) is 1.66. The summed E-state index contributed by atoms with van der Waals surface area (Å²) in [5.41, 5.74) is 8.62. The molecule has 2 heterocycles. The number of fused-ring (bicyclic) bond motifs is 1. The highest BCUT2D eigenvalue weighted by atomic mass is 19.1. The van der Waals surface area contributed by atoms with Crippen molar-refractivity contribution in [1.29, 1.82) is 0 Å². The van der Waals surface area contributed by atoms with Gasteiger partial charge in [0.1, 0.15) is 11.6 Å². The second-order valence-corrected chi connectivity index (χ2v) is 5.73. The summed E-state index contributed by atoms with van der Waals surface area (Å²) < 4.78 is 16.6. The molecule has 0 amide bonds. The van der Waals surface area contributed by atoms with E-state index in [2.05, 4.69) is 9.97 Å². The second-order valence-electron chi connectivity index (χ2n) is 5.73. The lowest BCUT2D eigenvalue weighted by Crippen LogP contribution is -2.15. The Balaban J connectivity index is 2.43. The Morgan fingerprint density at radius 1 is 1.14 bits per heavy atom. The predicted molar refractivity (Wildman–Crippen MR) is 85.9 cm³/mol. The van der Waals surface area contributed by atoms with Gasteiger partial charge >= 0.3 is 0 Å². The van der Waals surface area contributed by atoms with Gasteiger partial charge in [0.25, 0.3) is 0 Å². The van der Waals surface area contributed by atoms with Crippen LogP contribution >= 0.6 is 0 Å². The first kappa shape index (κ1) is 14.7. The third-order valence-corrected chi connectivity index (χ3v) is 3.67. The van der Waals surface area contributed by atoms with E-state index in [1.54, 1.807) is 18.3 Å². The van der Waals surface area contributed by atoms with Gasteiger partial charge in [0.2, 0.25) is 0 Å². The number of halogens is 1. The summed E-state index contributed by atoms with van der Waals surface area (Å²) in [5, 5.41) is 0. The number of nitrogens with two attached hydrogens (primary N) is 1. The van der Waals surface area contributed by atoms with E-state index >= 15 is 0 Å². The van der Waals surface area contributed by atoms with Crippen LogP contribution in [0.15, 0.2) is 36.5 Å². The number of hydrogen-bond acceptors (Lipinski definition) is 3. The van der Waals surface area contributed by atoms with Crippen LogP contribution in [0.1, 0.15) is 38.7 Å². The lowest BCUT2D eigenvalue weighted by atomic mass is 10.1. The maximum absolute atomic E-state index is 14.5. The van der Waals surface area contributed by atoms with E-state index in [4.69, 9.17) is 5.73 Å². The Morgan fingerprint density at radius 2 is 1.91 bits per heavy atom. The summed E-state index contributed by atoms with van der Waals surface area (Å²) in [4.78, 5) is 8.91. The van der Waals surface area contributed by atoms with E-state index in [1.165, 1.54) is 6.07 Å². The first-order chi connectivity index (χ1) is 10.5. The van der Waals surface area contributed by atoms with Crippen molar-refractivity contribution < 1.29 is 4.39 Å². The number of nitrogens with zero attached hydrogens (tertiary/aromatic N) is 3. The first-order valence-electron chi connectivity index (χ1n) is 7.38. The zero-order valence-electron chi connectivity index (χ0n) is 12.9. The molecule has 0 fully saturated rings. The Bertz CT molecular complexity index is 806. The number of hydrogen-bond donors (Lipinski definition) is 1. The van der Waals surface area contributed by atoms with Gasteiger partial charge in [0.05, 0.1) is 28.3 Å². The standard InChI is InChI=1S/C17H19FN4/c1-10(2)22-16-14(21-17(22)11(3)19)8-7-12(18)15(16)13-6-4-5-9-20-13/h4-11H,19H2,1-3H3/t11-/m0/s1. The van der Waals surface area contributed by atoms with Crippen molar-refractivity contribution in [3.8, 4) is 11.3 Å². The smallest absolute Gasteiger partial charge is 0.134 e. The molecule has 3 aromatic rings. The van der Waals surface area contributed by atoms with E-state index in [9.17, 15) is 4.39 Å². The molecule has 0 aliphatic carbocycles. The molecule has 0 spiro atoms. The third kappa shape index (κ3) is 2.27. The lowest BCUT2D eigenvalue weighted by Gasteiger charge is -2.17. The molecule has 0 radical (unpaired) electrons. The molecule has 22 heavy (non-hydrogen) atoms.